The van der Waals surface area contributed by atoms with Crippen molar-refractivity contribution in [2.75, 3.05) is 11.5 Å². The molecule has 0 bridgehead atoms. The minimum Gasteiger partial charge on any atom is -0.394 e. The number of nitrogens with two attached hydrogens (primary N) is 2. The molecule has 1 heterocycles. The fourth-order valence-electron chi connectivity index (χ4n) is 0.911. The molecule has 0 radical (unpaired) electrons. The van der Waals surface area contributed by atoms with Gasteiger partial charge in [-0.2, -0.15) is 5.10 Å². The third-order valence-electron chi connectivity index (χ3n) is 1.57. The van der Waals surface area contributed by atoms with Gasteiger partial charge in [-0.1, -0.05) is 0 Å². The number of aromatic nitrogens is 2. The van der Waals surface area contributed by atoms with E-state index in [9.17, 15) is 0 Å². The molecule has 0 amide bonds. The normalized spacial score (nSPS) is 13.2. The van der Waals surface area contributed by atoms with E-state index in [1.807, 2.05) is 0 Å². The molecule has 1 aromatic rings. The fourth-order valence-corrected chi connectivity index (χ4v) is 0.911. The predicted molar refractivity (Wildman–Crippen MR) is 43.9 cm³/mol. The van der Waals surface area contributed by atoms with Crippen LogP contribution in [0.5, 0.6) is 0 Å². The topological polar surface area (TPSA) is 110 Å². The van der Waals surface area contributed by atoms with Crippen molar-refractivity contribution < 1.29 is 10.2 Å². The molecular weight excluding hydrogens is 160 g/mol. The molecule has 12 heavy (non-hydrogen) atoms. The monoisotopic (exact) mass is 172 g/mol. The lowest BCUT2D eigenvalue weighted by Crippen LogP contribution is -2.09. The number of aliphatic hydroxyl groups is 2. The van der Waals surface area contributed by atoms with Crippen molar-refractivity contribution in [3.8, 4) is 0 Å². The van der Waals surface area contributed by atoms with E-state index in [0.717, 1.165) is 4.68 Å². The average molecular weight is 172 g/mol. The summed E-state index contributed by atoms with van der Waals surface area (Å²) in [6.07, 6.45) is -0.840. The van der Waals surface area contributed by atoms with Crippen LogP contribution in [0, 0.1) is 0 Å². The molecule has 0 aliphatic rings. The molecule has 0 spiro atoms. The Kier molecular flexibility index (Phi) is 2.20. The lowest BCUT2D eigenvalue weighted by atomic mass is 10.4. The standard InChI is InChI=1S/C6H12N4O2/c1-3(12)10-6(8)5(7)4(2-11)9-10/h3,11-12H,2,7-8H2,1H3. The van der Waals surface area contributed by atoms with Crippen molar-refractivity contribution in [2.24, 2.45) is 0 Å². The Morgan fingerprint density at radius 1 is 1.58 bits per heavy atom. The van der Waals surface area contributed by atoms with Crippen molar-refractivity contribution in [1.82, 2.24) is 9.78 Å². The number of nitrogens with zero attached hydrogens (tertiary/aromatic N) is 2. The minimum atomic E-state index is -0.840. The summed E-state index contributed by atoms with van der Waals surface area (Å²) in [5.41, 5.74) is 11.5. The Morgan fingerprint density at radius 3 is 2.42 bits per heavy atom. The molecule has 1 rings (SSSR count). The van der Waals surface area contributed by atoms with Crippen molar-refractivity contribution in [3.05, 3.63) is 5.69 Å². The zero-order valence-electron chi connectivity index (χ0n) is 6.73. The summed E-state index contributed by atoms with van der Waals surface area (Å²) in [4.78, 5) is 0. The van der Waals surface area contributed by atoms with E-state index in [1.54, 1.807) is 0 Å². The number of nitrogen functional groups attached to an aromatic ring is 2. The average Bonchev–Trinajstić information content (AvgIpc) is 2.30. The Morgan fingerprint density at radius 2 is 2.17 bits per heavy atom. The van der Waals surface area contributed by atoms with Gasteiger partial charge in [-0.3, -0.25) is 0 Å². The molecule has 1 atom stereocenters. The second kappa shape index (κ2) is 3.00. The van der Waals surface area contributed by atoms with Gasteiger partial charge < -0.3 is 21.7 Å². The number of rotatable bonds is 2. The first-order valence-electron chi connectivity index (χ1n) is 3.49. The van der Waals surface area contributed by atoms with Crippen LogP contribution in [0.4, 0.5) is 11.5 Å². The van der Waals surface area contributed by atoms with E-state index in [1.165, 1.54) is 6.92 Å². The van der Waals surface area contributed by atoms with Gasteiger partial charge >= 0.3 is 0 Å². The Balaban J connectivity index is 3.16. The van der Waals surface area contributed by atoms with Gasteiger partial charge in [0.15, 0.2) is 0 Å². The second-order valence-electron chi connectivity index (χ2n) is 2.48. The van der Waals surface area contributed by atoms with Crippen LogP contribution >= 0.6 is 0 Å². The SMILES string of the molecule is CC(O)n1nc(CO)c(N)c1N. The zero-order valence-corrected chi connectivity index (χ0v) is 6.73. The van der Waals surface area contributed by atoms with Crippen molar-refractivity contribution >= 4 is 11.5 Å². The summed E-state index contributed by atoms with van der Waals surface area (Å²) in [6.45, 7) is 1.22. The maximum absolute atomic E-state index is 9.12. The van der Waals surface area contributed by atoms with E-state index in [-0.39, 0.29) is 23.8 Å². The third kappa shape index (κ3) is 1.21. The number of hydrogen-bond donors (Lipinski definition) is 4. The first kappa shape index (κ1) is 8.82. The highest BCUT2D eigenvalue weighted by Gasteiger charge is 2.13. The van der Waals surface area contributed by atoms with Crippen molar-refractivity contribution in [1.29, 1.82) is 0 Å². The van der Waals surface area contributed by atoms with E-state index >= 15 is 0 Å². The van der Waals surface area contributed by atoms with E-state index in [0.29, 0.717) is 0 Å². The zero-order chi connectivity index (χ0) is 9.30. The summed E-state index contributed by atoms with van der Waals surface area (Å²) < 4.78 is 1.15. The predicted octanol–water partition coefficient (Wildman–Crippen LogP) is -0.949. The molecule has 1 unspecified atom stereocenters. The van der Waals surface area contributed by atoms with Gasteiger partial charge in [-0.25, -0.2) is 4.68 Å². The lowest BCUT2D eigenvalue weighted by Gasteiger charge is -2.05. The van der Waals surface area contributed by atoms with Gasteiger partial charge in [0.05, 0.1) is 6.61 Å². The van der Waals surface area contributed by atoms with Crippen molar-refractivity contribution in [3.63, 3.8) is 0 Å². The highest BCUT2D eigenvalue weighted by atomic mass is 16.3. The van der Waals surface area contributed by atoms with E-state index in [4.69, 9.17) is 21.7 Å². The highest BCUT2D eigenvalue weighted by Crippen LogP contribution is 2.21. The largest absolute Gasteiger partial charge is 0.394 e. The summed E-state index contributed by atoms with van der Waals surface area (Å²) >= 11 is 0. The van der Waals surface area contributed by atoms with Crippen LogP contribution in [0.25, 0.3) is 0 Å². The molecule has 6 N–H and O–H groups in total. The molecule has 1 aromatic heterocycles. The van der Waals surface area contributed by atoms with Crippen LogP contribution in [0.1, 0.15) is 18.8 Å². The van der Waals surface area contributed by atoms with Crippen LogP contribution in [-0.4, -0.2) is 20.0 Å². The molecule has 0 saturated carbocycles. The maximum atomic E-state index is 9.12. The van der Waals surface area contributed by atoms with E-state index < -0.39 is 6.23 Å². The number of anilines is 2. The Hall–Kier alpha value is -1.27. The molecular formula is C6H12N4O2. The van der Waals surface area contributed by atoms with Gasteiger partial charge in [0, 0.05) is 0 Å². The summed E-state index contributed by atoms with van der Waals surface area (Å²) in [6, 6.07) is 0. The summed E-state index contributed by atoms with van der Waals surface area (Å²) in [5, 5.41) is 21.7. The minimum absolute atomic E-state index is 0.175. The third-order valence-corrected chi connectivity index (χ3v) is 1.57. The number of hydrogen-bond acceptors (Lipinski definition) is 5. The summed E-state index contributed by atoms with van der Waals surface area (Å²) in [5.74, 6) is 0.175. The van der Waals surface area contributed by atoms with Crippen LogP contribution in [0.15, 0.2) is 0 Å². The van der Waals surface area contributed by atoms with Gasteiger partial charge in [0.2, 0.25) is 0 Å². The molecule has 6 heteroatoms. The Labute approximate surface area is 69.4 Å². The second-order valence-corrected chi connectivity index (χ2v) is 2.48. The van der Waals surface area contributed by atoms with Crippen LogP contribution < -0.4 is 11.5 Å². The van der Waals surface area contributed by atoms with Crippen LogP contribution in [0.2, 0.25) is 0 Å². The van der Waals surface area contributed by atoms with Gasteiger partial charge in [-0.05, 0) is 6.92 Å². The van der Waals surface area contributed by atoms with Gasteiger partial charge in [0.1, 0.15) is 23.4 Å². The van der Waals surface area contributed by atoms with Gasteiger partial charge in [-0.15, -0.1) is 0 Å². The van der Waals surface area contributed by atoms with E-state index in [2.05, 4.69) is 5.10 Å². The van der Waals surface area contributed by atoms with Crippen LogP contribution in [-0.2, 0) is 6.61 Å². The van der Waals surface area contributed by atoms with Crippen molar-refractivity contribution in [2.45, 2.75) is 19.8 Å². The quantitative estimate of drug-likeness (QED) is 0.459. The van der Waals surface area contributed by atoms with Crippen LogP contribution in [0.3, 0.4) is 0 Å². The lowest BCUT2D eigenvalue weighted by molar-refractivity contribution is 0.112. The van der Waals surface area contributed by atoms with Gasteiger partial charge in [0.25, 0.3) is 0 Å². The Bertz CT molecular complexity index is 281. The smallest absolute Gasteiger partial charge is 0.148 e. The first-order valence-corrected chi connectivity index (χ1v) is 3.49. The molecule has 0 fully saturated rings. The molecule has 0 aliphatic carbocycles. The summed E-state index contributed by atoms with van der Waals surface area (Å²) in [7, 11) is 0. The molecule has 0 aromatic carbocycles. The fraction of sp³-hybridized carbons (Fsp3) is 0.500. The molecule has 68 valence electrons. The molecule has 6 nitrogen and oxygen atoms in total. The first-order chi connectivity index (χ1) is 5.57. The maximum Gasteiger partial charge on any atom is 0.148 e. The molecule has 0 saturated heterocycles. The number of aliphatic hydroxyl groups excluding tert-OH is 2. The molecule has 0 aliphatic heterocycles. The highest BCUT2D eigenvalue weighted by molar-refractivity contribution is 5.62.